The van der Waals surface area contributed by atoms with Crippen molar-refractivity contribution < 1.29 is 14.7 Å². The Kier molecular flexibility index (Phi) is 4.95. The number of para-hydroxylation sites is 1. The second kappa shape index (κ2) is 7.49. The van der Waals surface area contributed by atoms with Crippen molar-refractivity contribution >= 4 is 28.9 Å². The number of hydrogen-bond donors (Lipinski definition) is 3. The van der Waals surface area contributed by atoms with Gasteiger partial charge in [0.1, 0.15) is 6.04 Å². The summed E-state index contributed by atoms with van der Waals surface area (Å²) < 4.78 is 0. The van der Waals surface area contributed by atoms with E-state index in [1.807, 2.05) is 54.6 Å². The second-order valence-electron chi connectivity index (χ2n) is 5.71. The molecule has 1 amide bonds. The van der Waals surface area contributed by atoms with Gasteiger partial charge in [0.2, 0.25) is 5.91 Å². The number of H-pyrrole nitrogens is 1. The quantitative estimate of drug-likeness (QED) is 0.606. The molecule has 3 aromatic rings. The minimum Gasteiger partial charge on any atom is -0.480 e. The van der Waals surface area contributed by atoms with Crippen LogP contribution >= 0.6 is 0 Å². The first kappa shape index (κ1) is 16.5. The number of aromatic nitrogens is 1. The van der Waals surface area contributed by atoms with Crippen molar-refractivity contribution in [3.05, 3.63) is 78.0 Å². The van der Waals surface area contributed by atoms with Crippen LogP contribution < -0.4 is 5.32 Å². The van der Waals surface area contributed by atoms with E-state index in [-0.39, 0.29) is 6.42 Å². The molecule has 3 rings (SSSR count). The number of rotatable bonds is 6. The topological polar surface area (TPSA) is 82.2 Å². The van der Waals surface area contributed by atoms with E-state index >= 15 is 0 Å². The molecule has 3 N–H and O–H groups in total. The van der Waals surface area contributed by atoms with Gasteiger partial charge in [-0.15, -0.1) is 0 Å². The summed E-state index contributed by atoms with van der Waals surface area (Å²) >= 11 is 0. The van der Waals surface area contributed by atoms with Gasteiger partial charge in [0.15, 0.2) is 0 Å². The molecular formula is C20H18N2O3. The van der Waals surface area contributed by atoms with Crippen LogP contribution in [0, 0.1) is 0 Å². The summed E-state index contributed by atoms with van der Waals surface area (Å²) in [6.45, 7) is 0. The highest BCUT2D eigenvalue weighted by Crippen LogP contribution is 2.19. The molecule has 0 aliphatic rings. The van der Waals surface area contributed by atoms with E-state index in [0.717, 1.165) is 22.0 Å². The van der Waals surface area contributed by atoms with Gasteiger partial charge in [0.05, 0.1) is 0 Å². The molecule has 5 heteroatoms. The maximum atomic E-state index is 12.1. The van der Waals surface area contributed by atoms with Gasteiger partial charge in [-0.2, -0.15) is 0 Å². The second-order valence-corrected chi connectivity index (χ2v) is 5.71. The van der Waals surface area contributed by atoms with Gasteiger partial charge in [-0.1, -0.05) is 48.5 Å². The maximum absolute atomic E-state index is 12.1. The third-order valence-electron chi connectivity index (χ3n) is 3.94. The van der Waals surface area contributed by atoms with E-state index in [2.05, 4.69) is 10.3 Å². The Morgan fingerprint density at radius 1 is 1.08 bits per heavy atom. The minimum atomic E-state index is -1.06. The monoisotopic (exact) mass is 334 g/mol. The third-order valence-corrected chi connectivity index (χ3v) is 3.94. The number of carbonyl (C=O) groups is 2. The zero-order valence-electron chi connectivity index (χ0n) is 13.5. The smallest absolute Gasteiger partial charge is 0.326 e. The molecule has 0 fully saturated rings. The van der Waals surface area contributed by atoms with E-state index in [1.165, 1.54) is 6.08 Å². The van der Waals surface area contributed by atoms with Crippen molar-refractivity contribution in [1.82, 2.24) is 10.3 Å². The molecule has 126 valence electrons. The predicted octanol–water partition coefficient (Wildman–Crippen LogP) is 2.99. The Morgan fingerprint density at radius 3 is 2.56 bits per heavy atom. The van der Waals surface area contributed by atoms with E-state index in [0.29, 0.717) is 0 Å². The molecule has 0 saturated heterocycles. The van der Waals surface area contributed by atoms with E-state index in [4.69, 9.17) is 0 Å². The van der Waals surface area contributed by atoms with E-state index in [1.54, 1.807) is 12.3 Å². The molecule has 0 aliphatic carbocycles. The fourth-order valence-corrected chi connectivity index (χ4v) is 2.68. The van der Waals surface area contributed by atoms with Crippen LogP contribution in [-0.2, 0) is 16.0 Å². The van der Waals surface area contributed by atoms with Crippen LogP contribution in [-0.4, -0.2) is 28.0 Å². The molecule has 2 aromatic carbocycles. The van der Waals surface area contributed by atoms with Crippen LogP contribution in [0.5, 0.6) is 0 Å². The average Bonchev–Trinajstić information content (AvgIpc) is 3.03. The Balaban J connectivity index is 1.70. The molecule has 5 nitrogen and oxygen atoms in total. The largest absolute Gasteiger partial charge is 0.480 e. The summed E-state index contributed by atoms with van der Waals surface area (Å²) in [5.74, 6) is -1.50. The minimum absolute atomic E-state index is 0.213. The number of fused-ring (bicyclic) bond motifs is 1. The highest BCUT2D eigenvalue weighted by atomic mass is 16.4. The Labute approximate surface area is 145 Å². The number of hydrogen-bond acceptors (Lipinski definition) is 2. The zero-order valence-corrected chi connectivity index (χ0v) is 13.5. The Bertz CT molecular complexity index is 913. The third kappa shape index (κ3) is 4.14. The predicted molar refractivity (Wildman–Crippen MR) is 97.0 cm³/mol. The van der Waals surface area contributed by atoms with Crippen molar-refractivity contribution in [3.63, 3.8) is 0 Å². The van der Waals surface area contributed by atoms with Crippen LogP contribution in [0.3, 0.4) is 0 Å². The standard InChI is InChI=1S/C20H18N2O3/c23-19(11-10-14-6-2-1-3-7-14)22-18(20(24)25)12-15-13-21-17-9-5-4-8-16(15)17/h1-11,13,18,21H,12H2,(H,22,23)(H,24,25)/t18-/m0/s1. The van der Waals surface area contributed by atoms with Gasteiger partial charge in [0.25, 0.3) is 0 Å². The van der Waals surface area contributed by atoms with Crippen molar-refractivity contribution in [2.75, 3.05) is 0 Å². The summed E-state index contributed by atoms with van der Waals surface area (Å²) in [7, 11) is 0. The van der Waals surface area contributed by atoms with Gasteiger partial charge in [-0.05, 0) is 23.3 Å². The SMILES string of the molecule is O=C(C=Cc1ccccc1)N[C@@H](Cc1c[nH]c2ccccc12)C(=O)O. The number of carboxylic acid groups (broad SMARTS) is 1. The molecule has 0 bridgehead atoms. The van der Waals surface area contributed by atoms with Gasteiger partial charge in [-0.25, -0.2) is 4.79 Å². The lowest BCUT2D eigenvalue weighted by atomic mass is 10.0. The van der Waals surface area contributed by atoms with Crippen LogP contribution in [0.4, 0.5) is 0 Å². The summed E-state index contributed by atoms with van der Waals surface area (Å²) in [5, 5.41) is 12.9. The number of carbonyl (C=O) groups excluding carboxylic acids is 1. The number of amides is 1. The lowest BCUT2D eigenvalue weighted by molar-refractivity contribution is -0.141. The first-order valence-corrected chi connectivity index (χ1v) is 7.95. The number of nitrogens with one attached hydrogen (secondary N) is 2. The molecule has 0 spiro atoms. The van der Waals surface area contributed by atoms with E-state index in [9.17, 15) is 14.7 Å². The number of carboxylic acids is 1. The van der Waals surface area contributed by atoms with Crippen molar-refractivity contribution in [2.45, 2.75) is 12.5 Å². The fraction of sp³-hybridized carbons (Fsp3) is 0.100. The van der Waals surface area contributed by atoms with Gasteiger partial charge in [-0.3, -0.25) is 4.79 Å². The van der Waals surface area contributed by atoms with Crippen LogP contribution in [0.25, 0.3) is 17.0 Å². The Hall–Kier alpha value is -3.34. The molecule has 0 aliphatic heterocycles. The molecule has 0 unspecified atom stereocenters. The van der Waals surface area contributed by atoms with Crippen molar-refractivity contribution in [3.8, 4) is 0 Å². The van der Waals surface area contributed by atoms with Gasteiger partial charge in [0, 0.05) is 29.6 Å². The van der Waals surface area contributed by atoms with Gasteiger partial charge < -0.3 is 15.4 Å². The first-order chi connectivity index (χ1) is 12.1. The van der Waals surface area contributed by atoms with E-state index < -0.39 is 17.9 Å². The summed E-state index contributed by atoms with van der Waals surface area (Å²) in [5.41, 5.74) is 2.67. The summed E-state index contributed by atoms with van der Waals surface area (Å²) in [4.78, 5) is 26.7. The zero-order chi connectivity index (χ0) is 17.6. The number of aromatic amines is 1. The lowest BCUT2D eigenvalue weighted by Gasteiger charge is -2.12. The molecular weight excluding hydrogens is 316 g/mol. The molecule has 1 atom stereocenters. The molecule has 0 radical (unpaired) electrons. The number of benzene rings is 2. The van der Waals surface area contributed by atoms with Crippen molar-refractivity contribution in [2.24, 2.45) is 0 Å². The Morgan fingerprint density at radius 2 is 1.80 bits per heavy atom. The highest BCUT2D eigenvalue weighted by molar-refractivity contribution is 5.94. The van der Waals surface area contributed by atoms with Crippen LogP contribution in [0.15, 0.2) is 66.9 Å². The fourth-order valence-electron chi connectivity index (χ4n) is 2.68. The first-order valence-electron chi connectivity index (χ1n) is 7.95. The summed E-state index contributed by atoms with van der Waals surface area (Å²) in [6, 6.07) is 16.0. The molecule has 1 heterocycles. The van der Waals surface area contributed by atoms with Crippen LogP contribution in [0.2, 0.25) is 0 Å². The number of aliphatic carboxylic acids is 1. The normalized spacial score (nSPS) is 12.3. The van der Waals surface area contributed by atoms with Crippen LogP contribution in [0.1, 0.15) is 11.1 Å². The molecule has 25 heavy (non-hydrogen) atoms. The molecule has 0 saturated carbocycles. The summed E-state index contributed by atoms with van der Waals surface area (Å²) in [6.07, 6.45) is 5.00. The highest BCUT2D eigenvalue weighted by Gasteiger charge is 2.20. The maximum Gasteiger partial charge on any atom is 0.326 e. The molecule has 1 aromatic heterocycles. The lowest BCUT2D eigenvalue weighted by Crippen LogP contribution is -2.41. The van der Waals surface area contributed by atoms with Gasteiger partial charge >= 0.3 is 5.97 Å². The van der Waals surface area contributed by atoms with Crippen molar-refractivity contribution in [1.29, 1.82) is 0 Å². The average molecular weight is 334 g/mol.